The molecule has 0 saturated carbocycles. The van der Waals surface area contributed by atoms with E-state index in [1.54, 1.807) is 11.8 Å². The van der Waals surface area contributed by atoms with Gasteiger partial charge in [-0.2, -0.15) is 0 Å². The standard InChI is InChI=1S/C14H21NO2S/c1-3-11(8-9-16)10-15-14(17)12-6-4-5-7-13(12)18-2/h4-7,11,16H,3,8-10H2,1-2H3,(H,15,17). The van der Waals surface area contributed by atoms with Crippen LogP contribution >= 0.6 is 11.8 Å². The van der Waals surface area contributed by atoms with Crippen LogP contribution in [-0.4, -0.2) is 30.4 Å². The summed E-state index contributed by atoms with van der Waals surface area (Å²) in [5.74, 6) is 0.316. The number of hydrogen-bond acceptors (Lipinski definition) is 3. The van der Waals surface area contributed by atoms with Gasteiger partial charge in [0.25, 0.3) is 5.91 Å². The molecule has 1 unspecified atom stereocenters. The van der Waals surface area contributed by atoms with E-state index >= 15 is 0 Å². The lowest BCUT2D eigenvalue weighted by Gasteiger charge is -2.15. The Bertz CT molecular complexity index is 382. The Morgan fingerprint density at radius 1 is 1.44 bits per heavy atom. The van der Waals surface area contributed by atoms with Crippen LogP contribution in [0.15, 0.2) is 29.2 Å². The molecule has 0 aliphatic carbocycles. The molecule has 0 aliphatic rings. The van der Waals surface area contributed by atoms with E-state index in [1.165, 1.54) is 0 Å². The SMILES string of the molecule is CCC(CCO)CNC(=O)c1ccccc1SC. The molecular weight excluding hydrogens is 246 g/mol. The molecule has 1 rings (SSSR count). The Morgan fingerprint density at radius 3 is 2.78 bits per heavy atom. The zero-order valence-electron chi connectivity index (χ0n) is 11.0. The second-order valence-corrected chi connectivity index (χ2v) is 5.04. The van der Waals surface area contributed by atoms with Gasteiger partial charge in [-0.15, -0.1) is 11.8 Å². The minimum Gasteiger partial charge on any atom is -0.396 e. The number of carbonyl (C=O) groups excluding carboxylic acids is 1. The highest BCUT2D eigenvalue weighted by Gasteiger charge is 2.12. The monoisotopic (exact) mass is 267 g/mol. The van der Waals surface area contributed by atoms with Gasteiger partial charge >= 0.3 is 0 Å². The summed E-state index contributed by atoms with van der Waals surface area (Å²) >= 11 is 1.57. The number of amides is 1. The average molecular weight is 267 g/mol. The van der Waals surface area contributed by atoms with Crippen LogP contribution in [0.2, 0.25) is 0 Å². The average Bonchev–Trinajstić information content (AvgIpc) is 2.42. The van der Waals surface area contributed by atoms with Crippen LogP contribution in [0.3, 0.4) is 0 Å². The predicted octanol–water partition coefficient (Wildman–Crippen LogP) is 2.55. The predicted molar refractivity (Wildman–Crippen MR) is 76.0 cm³/mol. The van der Waals surface area contributed by atoms with Gasteiger partial charge in [0.1, 0.15) is 0 Å². The molecule has 1 aromatic carbocycles. The molecule has 0 saturated heterocycles. The van der Waals surface area contributed by atoms with Gasteiger partial charge in [-0.05, 0) is 30.7 Å². The molecule has 1 atom stereocenters. The third kappa shape index (κ3) is 4.35. The molecule has 3 nitrogen and oxygen atoms in total. The summed E-state index contributed by atoms with van der Waals surface area (Å²) in [7, 11) is 0. The summed E-state index contributed by atoms with van der Waals surface area (Å²) in [5, 5.41) is 11.9. The van der Waals surface area contributed by atoms with Crippen molar-refractivity contribution < 1.29 is 9.90 Å². The lowest BCUT2D eigenvalue weighted by Crippen LogP contribution is -2.29. The van der Waals surface area contributed by atoms with Gasteiger partial charge in [0.05, 0.1) is 5.56 Å². The number of aliphatic hydroxyl groups excluding tert-OH is 1. The molecular formula is C14H21NO2S. The lowest BCUT2D eigenvalue weighted by atomic mass is 10.0. The summed E-state index contributed by atoms with van der Waals surface area (Å²) in [6, 6.07) is 7.60. The van der Waals surface area contributed by atoms with Crippen molar-refractivity contribution in [2.45, 2.75) is 24.7 Å². The van der Waals surface area contributed by atoms with E-state index in [0.717, 1.165) is 23.3 Å². The highest BCUT2D eigenvalue weighted by Crippen LogP contribution is 2.19. The maximum Gasteiger partial charge on any atom is 0.252 e. The number of carbonyl (C=O) groups is 1. The van der Waals surface area contributed by atoms with Gasteiger partial charge in [0.2, 0.25) is 0 Å². The van der Waals surface area contributed by atoms with Gasteiger partial charge < -0.3 is 10.4 Å². The van der Waals surface area contributed by atoms with Crippen molar-refractivity contribution in [3.8, 4) is 0 Å². The first kappa shape index (κ1) is 15.1. The summed E-state index contributed by atoms with van der Waals surface area (Å²) in [6.45, 7) is 2.87. The molecule has 0 fully saturated rings. The number of thioether (sulfide) groups is 1. The first-order valence-electron chi connectivity index (χ1n) is 6.25. The second kappa shape index (κ2) is 8.16. The van der Waals surface area contributed by atoms with Crippen LogP contribution in [0.4, 0.5) is 0 Å². The minimum atomic E-state index is -0.0312. The number of benzene rings is 1. The van der Waals surface area contributed by atoms with Gasteiger partial charge in [-0.3, -0.25) is 4.79 Å². The van der Waals surface area contributed by atoms with E-state index < -0.39 is 0 Å². The summed E-state index contributed by atoms with van der Waals surface area (Å²) in [5.41, 5.74) is 0.726. The minimum absolute atomic E-state index is 0.0312. The summed E-state index contributed by atoms with van der Waals surface area (Å²) in [6.07, 6.45) is 3.67. The molecule has 0 heterocycles. The topological polar surface area (TPSA) is 49.3 Å². The maximum absolute atomic E-state index is 12.1. The zero-order chi connectivity index (χ0) is 13.4. The van der Waals surface area contributed by atoms with E-state index in [-0.39, 0.29) is 12.5 Å². The third-order valence-corrected chi connectivity index (χ3v) is 3.81. The Kier molecular flexibility index (Phi) is 6.83. The third-order valence-electron chi connectivity index (χ3n) is 3.02. The molecule has 0 aromatic heterocycles. The zero-order valence-corrected chi connectivity index (χ0v) is 11.8. The number of aliphatic hydroxyl groups is 1. The van der Waals surface area contributed by atoms with Crippen molar-refractivity contribution in [3.63, 3.8) is 0 Å². The Labute approximate surface area is 113 Å². The Hall–Kier alpha value is -1.00. The highest BCUT2D eigenvalue weighted by molar-refractivity contribution is 7.98. The van der Waals surface area contributed by atoms with Crippen molar-refractivity contribution in [2.24, 2.45) is 5.92 Å². The van der Waals surface area contributed by atoms with Gasteiger partial charge in [-0.25, -0.2) is 0 Å². The molecule has 4 heteroatoms. The number of nitrogens with one attached hydrogen (secondary N) is 1. The molecule has 100 valence electrons. The summed E-state index contributed by atoms with van der Waals surface area (Å²) < 4.78 is 0. The molecule has 1 aromatic rings. The van der Waals surface area contributed by atoms with Crippen molar-refractivity contribution >= 4 is 17.7 Å². The fraction of sp³-hybridized carbons (Fsp3) is 0.500. The first-order chi connectivity index (χ1) is 8.72. The van der Waals surface area contributed by atoms with Gasteiger partial charge in [0.15, 0.2) is 0 Å². The molecule has 18 heavy (non-hydrogen) atoms. The number of rotatable bonds is 7. The van der Waals surface area contributed by atoms with Crippen LogP contribution < -0.4 is 5.32 Å². The van der Waals surface area contributed by atoms with Gasteiger partial charge in [0, 0.05) is 18.0 Å². The smallest absolute Gasteiger partial charge is 0.252 e. The maximum atomic E-state index is 12.1. The van der Waals surface area contributed by atoms with E-state index in [4.69, 9.17) is 5.11 Å². The number of hydrogen-bond donors (Lipinski definition) is 2. The quantitative estimate of drug-likeness (QED) is 0.746. The molecule has 0 aliphatic heterocycles. The Balaban J connectivity index is 2.59. The van der Waals surface area contributed by atoms with Crippen LogP contribution in [0.25, 0.3) is 0 Å². The van der Waals surface area contributed by atoms with Crippen LogP contribution in [-0.2, 0) is 0 Å². The van der Waals surface area contributed by atoms with Crippen LogP contribution in [0, 0.1) is 5.92 Å². The van der Waals surface area contributed by atoms with Crippen molar-refractivity contribution in [2.75, 3.05) is 19.4 Å². The van der Waals surface area contributed by atoms with Crippen LogP contribution in [0.1, 0.15) is 30.1 Å². The van der Waals surface area contributed by atoms with Crippen LogP contribution in [0.5, 0.6) is 0 Å². The molecule has 0 bridgehead atoms. The molecule has 0 radical (unpaired) electrons. The van der Waals surface area contributed by atoms with Crippen molar-refractivity contribution in [3.05, 3.63) is 29.8 Å². The Morgan fingerprint density at radius 2 is 2.17 bits per heavy atom. The van der Waals surface area contributed by atoms with E-state index in [0.29, 0.717) is 12.5 Å². The van der Waals surface area contributed by atoms with E-state index in [2.05, 4.69) is 12.2 Å². The fourth-order valence-corrected chi connectivity index (χ4v) is 2.39. The summed E-state index contributed by atoms with van der Waals surface area (Å²) in [4.78, 5) is 13.1. The largest absolute Gasteiger partial charge is 0.396 e. The molecule has 2 N–H and O–H groups in total. The highest BCUT2D eigenvalue weighted by atomic mass is 32.2. The second-order valence-electron chi connectivity index (χ2n) is 4.20. The van der Waals surface area contributed by atoms with Gasteiger partial charge in [-0.1, -0.05) is 25.5 Å². The fourth-order valence-electron chi connectivity index (χ4n) is 1.80. The normalized spacial score (nSPS) is 12.2. The van der Waals surface area contributed by atoms with E-state index in [9.17, 15) is 4.79 Å². The van der Waals surface area contributed by atoms with Crippen molar-refractivity contribution in [1.29, 1.82) is 0 Å². The molecule has 0 spiro atoms. The van der Waals surface area contributed by atoms with E-state index in [1.807, 2.05) is 30.5 Å². The lowest BCUT2D eigenvalue weighted by molar-refractivity contribution is 0.0940. The molecule has 1 amide bonds. The first-order valence-corrected chi connectivity index (χ1v) is 7.47. The van der Waals surface area contributed by atoms with Crippen molar-refractivity contribution in [1.82, 2.24) is 5.32 Å².